The van der Waals surface area contributed by atoms with E-state index in [0.717, 1.165) is 0 Å². The molecule has 0 aromatic carbocycles. The van der Waals surface area contributed by atoms with Crippen LogP contribution in [0.25, 0.3) is 0 Å². The third kappa shape index (κ3) is 1.33. The number of anilines is 1. The van der Waals surface area contributed by atoms with Gasteiger partial charge in [-0.2, -0.15) is 5.26 Å². The van der Waals surface area contributed by atoms with Crippen molar-refractivity contribution in [3.8, 4) is 6.07 Å². The van der Waals surface area contributed by atoms with Gasteiger partial charge in [0, 0.05) is 6.92 Å². The summed E-state index contributed by atoms with van der Waals surface area (Å²) < 4.78 is 4.96. The van der Waals surface area contributed by atoms with Crippen LogP contribution in [-0.2, 0) is 4.79 Å². The van der Waals surface area contributed by atoms with Crippen molar-refractivity contribution >= 4 is 11.9 Å². The van der Waals surface area contributed by atoms with E-state index in [2.05, 4.69) is 15.5 Å². The molecule has 1 amide bonds. The summed E-state index contributed by atoms with van der Waals surface area (Å²) in [5.74, 6) is 0.0192. The topological polar surface area (TPSA) is 91.8 Å². The van der Waals surface area contributed by atoms with E-state index in [1.54, 1.807) is 6.92 Å². The van der Waals surface area contributed by atoms with Gasteiger partial charge in [0.2, 0.25) is 11.8 Å². The summed E-state index contributed by atoms with van der Waals surface area (Å²) >= 11 is 0. The molecule has 14 heavy (non-hydrogen) atoms. The summed E-state index contributed by atoms with van der Waals surface area (Å²) in [6, 6.07) is 2.03. The van der Waals surface area contributed by atoms with Gasteiger partial charge in [0.05, 0.1) is 6.07 Å². The Morgan fingerprint density at radius 2 is 2.36 bits per heavy atom. The minimum absolute atomic E-state index is 0.0500. The first-order valence-electron chi connectivity index (χ1n) is 4.19. The van der Waals surface area contributed by atoms with Crippen LogP contribution in [0, 0.1) is 23.7 Å². The largest absolute Gasteiger partial charge is 0.408 e. The molecular weight excluding hydrogens is 184 g/mol. The van der Waals surface area contributed by atoms with Crippen molar-refractivity contribution in [1.29, 1.82) is 5.26 Å². The maximum Gasteiger partial charge on any atom is 0.322 e. The Labute approximate surface area is 79.9 Å². The molecule has 1 aliphatic carbocycles. The minimum atomic E-state index is -0.859. The van der Waals surface area contributed by atoms with E-state index in [0.29, 0.717) is 18.7 Å². The molecule has 0 spiro atoms. The number of aryl methyl sites for hydroxylation is 1. The Morgan fingerprint density at radius 3 is 2.79 bits per heavy atom. The summed E-state index contributed by atoms with van der Waals surface area (Å²) in [5, 5.41) is 18.3. The van der Waals surface area contributed by atoms with Gasteiger partial charge in [0.25, 0.3) is 0 Å². The highest BCUT2D eigenvalue weighted by atomic mass is 16.4. The van der Waals surface area contributed by atoms with Gasteiger partial charge in [-0.1, -0.05) is 5.10 Å². The van der Waals surface area contributed by atoms with Crippen molar-refractivity contribution in [1.82, 2.24) is 10.2 Å². The molecule has 1 N–H and O–H groups in total. The normalized spacial score (nSPS) is 17.1. The first-order chi connectivity index (χ1) is 6.66. The predicted molar refractivity (Wildman–Crippen MR) is 44.9 cm³/mol. The molecule has 1 fully saturated rings. The van der Waals surface area contributed by atoms with Crippen molar-refractivity contribution in [2.24, 2.45) is 5.41 Å². The fourth-order valence-electron chi connectivity index (χ4n) is 1.08. The molecule has 72 valence electrons. The summed E-state index contributed by atoms with van der Waals surface area (Å²) in [5.41, 5.74) is -0.859. The molecule has 0 atom stereocenters. The van der Waals surface area contributed by atoms with Gasteiger partial charge in [-0.25, -0.2) is 0 Å². The summed E-state index contributed by atoms with van der Waals surface area (Å²) in [7, 11) is 0. The van der Waals surface area contributed by atoms with Gasteiger partial charge in [-0.3, -0.25) is 10.1 Å². The first-order valence-corrected chi connectivity index (χ1v) is 4.19. The zero-order chi connectivity index (χ0) is 10.2. The van der Waals surface area contributed by atoms with Gasteiger partial charge < -0.3 is 4.42 Å². The van der Waals surface area contributed by atoms with Crippen molar-refractivity contribution in [2.75, 3.05) is 5.32 Å². The van der Waals surface area contributed by atoms with Crippen LogP contribution >= 0.6 is 0 Å². The lowest BCUT2D eigenvalue weighted by atomic mass is 10.1. The zero-order valence-electron chi connectivity index (χ0n) is 7.57. The molecule has 1 aromatic heterocycles. The lowest BCUT2D eigenvalue weighted by Crippen LogP contribution is -2.22. The van der Waals surface area contributed by atoms with Crippen molar-refractivity contribution in [2.45, 2.75) is 19.8 Å². The van der Waals surface area contributed by atoms with Crippen LogP contribution in [0.5, 0.6) is 0 Å². The highest BCUT2D eigenvalue weighted by Gasteiger charge is 2.51. The van der Waals surface area contributed by atoms with Crippen LogP contribution in [0.15, 0.2) is 4.42 Å². The molecule has 6 nitrogen and oxygen atoms in total. The number of aromatic nitrogens is 2. The number of amides is 1. The Kier molecular flexibility index (Phi) is 1.74. The molecule has 0 aliphatic heterocycles. The number of carbonyl (C=O) groups excluding carboxylic acids is 1. The van der Waals surface area contributed by atoms with E-state index in [1.807, 2.05) is 6.07 Å². The van der Waals surface area contributed by atoms with Crippen LogP contribution in [0.3, 0.4) is 0 Å². The highest BCUT2D eigenvalue weighted by molar-refractivity contribution is 5.97. The minimum Gasteiger partial charge on any atom is -0.408 e. The number of nitriles is 1. The van der Waals surface area contributed by atoms with E-state index < -0.39 is 5.41 Å². The third-order valence-corrected chi connectivity index (χ3v) is 2.15. The molecular formula is C8H8N4O2. The van der Waals surface area contributed by atoms with Gasteiger partial charge in [-0.15, -0.1) is 5.10 Å². The fourth-order valence-corrected chi connectivity index (χ4v) is 1.08. The molecule has 1 aliphatic rings. The smallest absolute Gasteiger partial charge is 0.322 e. The van der Waals surface area contributed by atoms with Gasteiger partial charge in [0.1, 0.15) is 5.41 Å². The van der Waals surface area contributed by atoms with Crippen LogP contribution in [0.1, 0.15) is 18.7 Å². The third-order valence-electron chi connectivity index (χ3n) is 2.15. The molecule has 0 unspecified atom stereocenters. The van der Waals surface area contributed by atoms with Gasteiger partial charge >= 0.3 is 6.01 Å². The Hall–Kier alpha value is -1.90. The number of carbonyl (C=O) groups is 1. The SMILES string of the molecule is Cc1nnc(NC(=O)C2(C#N)CC2)o1. The maximum absolute atomic E-state index is 11.5. The van der Waals surface area contributed by atoms with Crippen molar-refractivity contribution in [3.05, 3.63) is 5.89 Å². The average Bonchev–Trinajstić information content (AvgIpc) is 2.87. The second-order valence-electron chi connectivity index (χ2n) is 3.27. The van der Waals surface area contributed by atoms with Crippen LogP contribution in [0.2, 0.25) is 0 Å². The van der Waals surface area contributed by atoms with Gasteiger partial charge in [-0.05, 0) is 12.8 Å². The number of nitrogens with zero attached hydrogens (tertiary/aromatic N) is 3. The number of rotatable bonds is 2. The van der Waals surface area contributed by atoms with E-state index in [9.17, 15) is 4.79 Å². The first kappa shape index (κ1) is 8.69. The average molecular weight is 192 g/mol. The summed E-state index contributed by atoms with van der Waals surface area (Å²) in [4.78, 5) is 11.5. The molecule has 0 saturated heterocycles. The van der Waals surface area contributed by atoms with E-state index >= 15 is 0 Å². The Morgan fingerprint density at radius 1 is 1.64 bits per heavy atom. The maximum atomic E-state index is 11.5. The van der Waals surface area contributed by atoms with Crippen LogP contribution in [0.4, 0.5) is 6.01 Å². The highest BCUT2D eigenvalue weighted by Crippen LogP contribution is 2.45. The van der Waals surface area contributed by atoms with Crippen LogP contribution < -0.4 is 5.32 Å². The predicted octanol–water partition coefficient (Wildman–Crippen LogP) is 0.620. The van der Waals surface area contributed by atoms with E-state index in [-0.39, 0.29) is 11.9 Å². The lowest BCUT2D eigenvalue weighted by Gasteiger charge is -2.02. The monoisotopic (exact) mass is 192 g/mol. The molecule has 0 bridgehead atoms. The molecule has 2 rings (SSSR count). The number of hydrogen-bond acceptors (Lipinski definition) is 5. The second kappa shape index (κ2) is 2.80. The molecule has 6 heteroatoms. The van der Waals surface area contributed by atoms with Crippen LogP contribution in [-0.4, -0.2) is 16.1 Å². The van der Waals surface area contributed by atoms with E-state index in [4.69, 9.17) is 9.68 Å². The number of nitrogens with one attached hydrogen (secondary N) is 1. The Bertz CT molecular complexity index is 413. The molecule has 0 radical (unpaired) electrons. The standard InChI is InChI=1S/C8H8N4O2/c1-5-11-12-7(14-5)10-6(13)8(4-9)2-3-8/h2-3H2,1H3,(H,10,12,13). The van der Waals surface area contributed by atoms with Gasteiger partial charge in [0.15, 0.2) is 0 Å². The zero-order valence-corrected chi connectivity index (χ0v) is 7.57. The summed E-state index contributed by atoms with van der Waals surface area (Å²) in [6.45, 7) is 1.62. The quantitative estimate of drug-likeness (QED) is 0.741. The molecule has 1 aromatic rings. The number of hydrogen-bond donors (Lipinski definition) is 1. The van der Waals surface area contributed by atoms with Crippen molar-refractivity contribution in [3.63, 3.8) is 0 Å². The van der Waals surface area contributed by atoms with Crippen molar-refractivity contribution < 1.29 is 9.21 Å². The molecule has 1 heterocycles. The molecule has 1 saturated carbocycles. The van der Waals surface area contributed by atoms with E-state index in [1.165, 1.54) is 0 Å². The summed E-state index contributed by atoms with van der Waals surface area (Å²) in [6.07, 6.45) is 1.20. The lowest BCUT2D eigenvalue weighted by molar-refractivity contribution is -0.119. The Balaban J connectivity index is 2.06. The second-order valence-corrected chi connectivity index (χ2v) is 3.27. The fraction of sp³-hybridized carbons (Fsp3) is 0.500.